The van der Waals surface area contributed by atoms with Gasteiger partial charge in [0, 0.05) is 16.9 Å². The summed E-state index contributed by atoms with van der Waals surface area (Å²) in [7, 11) is 0. The second-order valence-corrected chi connectivity index (χ2v) is 6.91. The molecule has 0 bridgehead atoms. The van der Waals surface area contributed by atoms with Crippen molar-refractivity contribution in [3.63, 3.8) is 0 Å². The van der Waals surface area contributed by atoms with E-state index in [2.05, 4.69) is 6.07 Å². The molecule has 0 saturated carbocycles. The molecule has 0 saturated heterocycles. The lowest BCUT2D eigenvalue weighted by atomic mass is 10.1. The maximum Gasteiger partial charge on any atom is 0.338 e. The number of benzene rings is 3. The topological polar surface area (TPSA) is 103 Å². The van der Waals surface area contributed by atoms with Crippen LogP contribution in [0.25, 0.3) is 0 Å². The Morgan fingerprint density at radius 1 is 0.758 bits per heavy atom. The maximum absolute atomic E-state index is 12.0. The van der Waals surface area contributed by atoms with Gasteiger partial charge in [0.1, 0.15) is 5.84 Å². The number of rotatable bonds is 7. The summed E-state index contributed by atoms with van der Waals surface area (Å²) in [6.07, 6.45) is 0. The third-order valence-electron chi connectivity index (χ3n) is 4.78. The Morgan fingerprint density at radius 3 is 1.52 bits per heavy atom. The van der Waals surface area contributed by atoms with Crippen LogP contribution in [0.4, 0.5) is 11.4 Å². The molecule has 0 spiro atoms. The number of carbonyl (C=O) groups excluding carboxylic acids is 2. The number of anilines is 2. The zero-order chi connectivity index (χ0) is 23.8. The van der Waals surface area contributed by atoms with Gasteiger partial charge in [0.15, 0.2) is 0 Å². The molecule has 3 rings (SSSR count). The van der Waals surface area contributed by atoms with Crippen molar-refractivity contribution in [2.75, 3.05) is 18.1 Å². The first-order chi connectivity index (χ1) is 16.0. The van der Waals surface area contributed by atoms with E-state index in [0.29, 0.717) is 33.6 Å². The first-order valence-electron chi connectivity index (χ1n) is 10.4. The van der Waals surface area contributed by atoms with Gasteiger partial charge < -0.3 is 9.47 Å². The van der Waals surface area contributed by atoms with Crippen LogP contribution in [0.1, 0.15) is 45.7 Å². The standard InChI is InChI=1S/C26H23N3O4/c1-3-32-25(30)20-9-13-22(14-10-20)29(24(28)19-7-5-18(17-27)6-8-19)23-15-11-21(12-16-23)26(31)33-4-2/h5-16,28H,3-4H2,1-2H3. The van der Waals surface area contributed by atoms with Gasteiger partial charge in [-0.05, 0) is 86.6 Å². The molecule has 7 heteroatoms. The summed E-state index contributed by atoms with van der Waals surface area (Å²) in [6.45, 7) is 4.05. The fourth-order valence-electron chi connectivity index (χ4n) is 3.16. The zero-order valence-electron chi connectivity index (χ0n) is 18.4. The number of hydrogen-bond acceptors (Lipinski definition) is 6. The monoisotopic (exact) mass is 441 g/mol. The van der Waals surface area contributed by atoms with Crippen LogP contribution in [0.5, 0.6) is 0 Å². The van der Waals surface area contributed by atoms with Gasteiger partial charge in [-0.25, -0.2) is 9.59 Å². The fourth-order valence-corrected chi connectivity index (χ4v) is 3.16. The van der Waals surface area contributed by atoms with Crippen LogP contribution < -0.4 is 4.90 Å². The maximum atomic E-state index is 12.0. The summed E-state index contributed by atoms with van der Waals surface area (Å²) in [4.78, 5) is 25.7. The Balaban J connectivity index is 2.00. The molecule has 3 aromatic rings. The summed E-state index contributed by atoms with van der Waals surface area (Å²) >= 11 is 0. The lowest BCUT2D eigenvalue weighted by Gasteiger charge is -2.26. The van der Waals surface area contributed by atoms with Crippen LogP contribution in [0.2, 0.25) is 0 Å². The van der Waals surface area contributed by atoms with Crippen molar-refractivity contribution in [1.82, 2.24) is 0 Å². The third kappa shape index (κ3) is 5.43. The van der Waals surface area contributed by atoms with Crippen LogP contribution in [-0.4, -0.2) is 31.0 Å². The molecule has 0 radical (unpaired) electrons. The molecule has 0 aliphatic carbocycles. The lowest BCUT2D eigenvalue weighted by molar-refractivity contribution is 0.0517. The molecular formula is C26H23N3O4. The molecule has 0 atom stereocenters. The molecular weight excluding hydrogens is 418 g/mol. The molecule has 33 heavy (non-hydrogen) atoms. The Hall–Kier alpha value is -4.44. The van der Waals surface area contributed by atoms with Crippen molar-refractivity contribution >= 4 is 29.1 Å². The predicted molar refractivity (Wildman–Crippen MR) is 125 cm³/mol. The number of ether oxygens (including phenoxy) is 2. The van der Waals surface area contributed by atoms with Crippen molar-refractivity contribution < 1.29 is 19.1 Å². The lowest BCUT2D eigenvalue weighted by Crippen LogP contribution is -2.26. The van der Waals surface area contributed by atoms with E-state index in [0.717, 1.165) is 0 Å². The van der Waals surface area contributed by atoms with Crippen molar-refractivity contribution in [2.24, 2.45) is 0 Å². The van der Waals surface area contributed by atoms with Gasteiger partial charge in [0.2, 0.25) is 0 Å². The number of esters is 2. The molecule has 1 N–H and O–H groups in total. The SMILES string of the molecule is CCOC(=O)c1ccc(N(C(=N)c2ccc(C#N)cc2)c2ccc(C(=O)OCC)cc2)cc1. The minimum atomic E-state index is -0.420. The predicted octanol–water partition coefficient (Wildman–Crippen LogP) is 5.08. The van der Waals surface area contributed by atoms with E-state index in [1.807, 2.05) is 0 Å². The van der Waals surface area contributed by atoms with E-state index in [9.17, 15) is 9.59 Å². The van der Waals surface area contributed by atoms with Crippen LogP contribution in [-0.2, 0) is 9.47 Å². The summed E-state index contributed by atoms with van der Waals surface area (Å²) in [5, 5.41) is 17.9. The molecule has 166 valence electrons. The third-order valence-corrected chi connectivity index (χ3v) is 4.78. The van der Waals surface area contributed by atoms with Gasteiger partial charge >= 0.3 is 11.9 Å². The number of nitrogens with one attached hydrogen (secondary N) is 1. The molecule has 0 heterocycles. The van der Waals surface area contributed by atoms with Gasteiger partial charge in [0.25, 0.3) is 0 Å². The van der Waals surface area contributed by atoms with Crippen LogP contribution in [0.15, 0.2) is 72.8 Å². The number of carbonyl (C=O) groups is 2. The first kappa shape index (κ1) is 23.2. The van der Waals surface area contributed by atoms with Crippen molar-refractivity contribution in [3.8, 4) is 6.07 Å². The fraction of sp³-hybridized carbons (Fsp3) is 0.154. The summed E-state index contributed by atoms with van der Waals surface area (Å²) < 4.78 is 10.1. The highest BCUT2D eigenvalue weighted by molar-refractivity contribution is 6.12. The largest absolute Gasteiger partial charge is 0.462 e. The molecule has 0 fully saturated rings. The summed E-state index contributed by atoms with van der Waals surface area (Å²) in [5.74, 6) is -0.680. The van der Waals surface area contributed by atoms with Crippen LogP contribution >= 0.6 is 0 Å². The van der Waals surface area contributed by atoms with Gasteiger partial charge in [-0.1, -0.05) is 0 Å². The normalized spacial score (nSPS) is 10.1. The highest BCUT2D eigenvalue weighted by Gasteiger charge is 2.18. The second kappa shape index (κ2) is 10.7. The molecule has 3 aromatic carbocycles. The van der Waals surface area contributed by atoms with Gasteiger partial charge in [-0.2, -0.15) is 5.26 Å². The van der Waals surface area contributed by atoms with E-state index in [1.165, 1.54) is 0 Å². The second-order valence-electron chi connectivity index (χ2n) is 6.91. The van der Waals surface area contributed by atoms with Gasteiger partial charge in [-0.3, -0.25) is 10.3 Å². The summed E-state index contributed by atoms with van der Waals surface area (Å²) in [6, 6.07) is 22.2. The van der Waals surface area contributed by atoms with Gasteiger partial charge in [0.05, 0.1) is 36.0 Å². The molecule has 0 unspecified atom stereocenters. The van der Waals surface area contributed by atoms with Gasteiger partial charge in [-0.15, -0.1) is 0 Å². The molecule has 7 nitrogen and oxygen atoms in total. The average molecular weight is 441 g/mol. The quantitative estimate of drug-likeness (QED) is 0.312. The minimum Gasteiger partial charge on any atom is -0.462 e. The Labute approximate surface area is 192 Å². The molecule has 0 amide bonds. The van der Waals surface area contributed by atoms with E-state index in [4.69, 9.17) is 20.1 Å². The summed E-state index contributed by atoms with van der Waals surface area (Å²) in [5.41, 5.74) is 3.18. The highest BCUT2D eigenvalue weighted by Crippen LogP contribution is 2.29. The minimum absolute atomic E-state index is 0.159. The molecule has 0 aliphatic rings. The molecule has 0 aliphatic heterocycles. The van der Waals surface area contributed by atoms with Crippen molar-refractivity contribution in [1.29, 1.82) is 10.7 Å². The highest BCUT2D eigenvalue weighted by atomic mass is 16.5. The molecule has 0 aromatic heterocycles. The van der Waals surface area contributed by atoms with Crippen molar-refractivity contribution in [2.45, 2.75) is 13.8 Å². The van der Waals surface area contributed by atoms with E-state index in [1.54, 1.807) is 91.5 Å². The first-order valence-corrected chi connectivity index (χ1v) is 10.4. The number of hydrogen-bond donors (Lipinski definition) is 1. The van der Waals surface area contributed by atoms with Crippen molar-refractivity contribution in [3.05, 3.63) is 95.1 Å². The van der Waals surface area contributed by atoms with Crippen LogP contribution in [0.3, 0.4) is 0 Å². The average Bonchev–Trinajstić information content (AvgIpc) is 2.85. The zero-order valence-corrected chi connectivity index (χ0v) is 18.4. The Kier molecular flexibility index (Phi) is 7.55. The van der Waals surface area contributed by atoms with E-state index < -0.39 is 11.9 Å². The number of nitriles is 1. The number of amidine groups is 1. The number of nitrogens with zero attached hydrogens (tertiary/aromatic N) is 2. The van der Waals surface area contributed by atoms with Crippen LogP contribution in [0, 0.1) is 16.7 Å². The van der Waals surface area contributed by atoms with E-state index in [-0.39, 0.29) is 19.0 Å². The smallest absolute Gasteiger partial charge is 0.338 e. The Morgan fingerprint density at radius 2 is 1.15 bits per heavy atom. The Bertz CT molecular complexity index is 1120. The van der Waals surface area contributed by atoms with E-state index >= 15 is 0 Å².